The van der Waals surface area contributed by atoms with Crippen molar-refractivity contribution in [1.29, 1.82) is 0 Å². The Balaban J connectivity index is 0.000000426. The van der Waals surface area contributed by atoms with Gasteiger partial charge in [0, 0.05) is 62.1 Å². The number of carboxylic acid groups (broad SMARTS) is 1. The Labute approximate surface area is 222 Å². The highest BCUT2D eigenvalue weighted by atomic mass is 35.5. The molecule has 2 fully saturated rings. The minimum Gasteiger partial charge on any atom is -0.475 e. The number of aromatic nitrogens is 3. The highest BCUT2D eigenvalue weighted by Crippen LogP contribution is 2.34. The van der Waals surface area contributed by atoms with Crippen molar-refractivity contribution in [3.8, 4) is 11.4 Å². The molecule has 0 radical (unpaired) electrons. The molecule has 2 aromatic heterocycles. The average molecular weight is 558 g/mol. The first-order chi connectivity index (χ1) is 18.0. The third kappa shape index (κ3) is 6.85. The molecule has 0 aliphatic carbocycles. The molecule has 3 aromatic rings. The molecule has 2 aliphatic rings. The number of hydrogen-bond donors (Lipinski definition) is 2. The van der Waals surface area contributed by atoms with Gasteiger partial charge in [0.15, 0.2) is 0 Å². The van der Waals surface area contributed by atoms with Crippen LogP contribution in [0.5, 0.6) is 0 Å². The van der Waals surface area contributed by atoms with Crippen LogP contribution in [0.2, 0.25) is 5.02 Å². The third-order valence-corrected chi connectivity index (χ3v) is 7.13. The molecule has 1 aromatic carbocycles. The lowest BCUT2D eigenvalue weighted by atomic mass is 10.0. The van der Waals surface area contributed by atoms with Gasteiger partial charge < -0.3 is 24.3 Å². The van der Waals surface area contributed by atoms with E-state index in [1.807, 2.05) is 12.1 Å². The molecule has 2 N–H and O–H groups in total. The first kappa shape index (κ1) is 28.3. The zero-order valence-electron chi connectivity index (χ0n) is 21.2. The van der Waals surface area contributed by atoms with Crippen molar-refractivity contribution in [2.45, 2.75) is 58.0 Å². The number of nitrogens with one attached hydrogen (secondary N) is 1. The van der Waals surface area contributed by atoms with Crippen molar-refractivity contribution >= 4 is 28.5 Å². The maximum atomic E-state index is 10.6. The summed E-state index contributed by atoms with van der Waals surface area (Å²) >= 11 is 6.62. The second-order valence-electron chi connectivity index (χ2n) is 9.79. The maximum Gasteiger partial charge on any atom is 0.490 e. The Bertz CT molecular complexity index is 1240. The van der Waals surface area contributed by atoms with Crippen molar-refractivity contribution in [2.75, 3.05) is 26.3 Å². The van der Waals surface area contributed by atoms with Crippen LogP contribution in [0.3, 0.4) is 0 Å². The van der Waals surface area contributed by atoms with E-state index in [9.17, 15) is 13.2 Å². The van der Waals surface area contributed by atoms with Crippen molar-refractivity contribution < 1.29 is 32.3 Å². The Kier molecular flexibility index (Phi) is 8.96. The summed E-state index contributed by atoms with van der Waals surface area (Å²) in [5.41, 5.74) is 2.02. The van der Waals surface area contributed by atoms with Crippen molar-refractivity contribution in [3.05, 3.63) is 35.3 Å². The number of carbonyl (C=O) groups is 1. The number of fused-ring (bicyclic) bond motifs is 1. The lowest BCUT2D eigenvalue weighted by Crippen LogP contribution is -2.53. The molecule has 0 spiro atoms. The monoisotopic (exact) mass is 557 g/mol. The van der Waals surface area contributed by atoms with Crippen LogP contribution in [0, 0.1) is 5.92 Å². The lowest BCUT2D eigenvalue weighted by Gasteiger charge is -2.36. The van der Waals surface area contributed by atoms with E-state index < -0.39 is 12.1 Å². The number of piperazine rings is 1. The Morgan fingerprint density at radius 3 is 2.66 bits per heavy atom. The Morgan fingerprint density at radius 2 is 1.97 bits per heavy atom. The van der Waals surface area contributed by atoms with E-state index in [0.29, 0.717) is 36.3 Å². The van der Waals surface area contributed by atoms with Crippen LogP contribution >= 0.6 is 11.6 Å². The second kappa shape index (κ2) is 12.0. The predicted octanol–water partition coefficient (Wildman–Crippen LogP) is 4.59. The summed E-state index contributed by atoms with van der Waals surface area (Å²) < 4.78 is 45.2. The molecule has 38 heavy (non-hydrogen) atoms. The molecular formula is C25H31ClF3N5O4. The fraction of sp³-hybridized carbons (Fsp3) is 0.560. The maximum absolute atomic E-state index is 10.6. The highest BCUT2D eigenvalue weighted by Gasteiger charge is 2.38. The molecule has 2 saturated heterocycles. The number of alkyl halides is 3. The van der Waals surface area contributed by atoms with Gasteiger partial charge in [-0.3, -0.25) is 4.90 Å². The molecule has 2 aliphatic heterocycles. The van der Waals surface area contributed by atoms with Gasteiger partial charge in [-0.1, -0.05) is 28.9 Å². The number of halogens is 4. The topological polar surface area (TPSA) is 106 Å². The van der Waals surface area contributed by atoms with E-state index in [4.69, 9.17) is 35.7 Å². The molecule has 2 atom stereocenters. The largest absolute Gasteiger partial charge is 0.490 e. The van der Waals surface area contributed by atoms with Gasteiger partial charge in [-0.2, -0.15) is 18.2 Å². The summed E-state index contributed by atoms with van der Waals surface area (Å²) in [6, 6.07) is 6.92. The van der Waals surface area contributed by atoms with Crippen molar-refractivity contribution in [3.63, 3.8) is 0 Å². The Morgan fingerprint density at radius 1 is 1.26 bits per heavy atom. The number of para-hydroxylation sites is 1. The van der Waals surface area contributed by atoms with Crippen LogP contribution in [0.4, 0.5) is 13.2 Å². The normalized spacial score (nSPS) is 21.3. The van der Waals surface area contributed by atoms with Crippen LogP contribution in [-0.4, -0.2) is 75.2 Å². The number of aliphatic carboxylic acids is 1. The lowest BCUT2D eigenvalue weighted by molar-refractivity contribution is -0.192. The van der Waals surface area contributed by atoms with Crippen molar-refractivity contribution in [2.24, 2.45) is 5.92 Å². The van der Waals surface area contributed by atoms with E-state index in [1.165, 1.54) is 0 Å². The van der Waals surface area contributed by atoms with E-state index in [1.54, 1.807) is 0 Å². The summed E-state index contributed by atoms with van der Waals surface area (Å²) in [4.78, 5) is 16.0. The van der Waals surface area contributed by atoms with Gasteiger partial charge >= 0.3 is 12.1 Å². The molecule has 0 amide bonds. The number of rotatable bonds is 5. The van der Waals surface area contributed by atoms with Crippen LogP contribution in [0.25, 0.3) is 22.3 Å². The first-order valence-corrected chi connectivity index (χ1v) is 12.9. The molecule has 0 bridgehead atoms. The van der Waals surface area contributed by atoms with E-state index >= 15 is 0 Å². The van der Waals surface area contributed by atoms with Crippen LogP contribution in [0.15, 0.2) is 28.9 Å². The SMILES string of the molecule is C[C@@H]1CN[C@@H](C)CN1Cc1nc(-c2cn(CC3CCOCC3)c3c(Cl)cccc23)no1.O=C(O)C(F)(F)F. The molecule has 208 valence electrons. The standard InChI is InChI=1S/C23H30ClN5O2.C2HF3O2/c1-15-11-28(16(2)10-25-15)14-21-26-23(27-31-21)19-13-29(12-17-6-8-30-9-7-17)22-18(19)4-3-5-20(22)24;3-2(4,5)1(6)7/h3-5,13,15-17,25H,6-12,14H2,1-2H3;(H,6,7)/t15-,16+;/m0./s1. The summed E-state index contributed by atoms with van der Waals surface area (Å²) in [6.07, 6.45) is -0.795. The summed E-state index contributed by atoms with van der Waals surface area (Å²) in [5.74, 6) is -0.884. The minimum absolute atomic E-state index is 0.437. The zero-order chi connectivity index (χ0) is 27.4. The van der Waals surface area contributed by atoms with Crippen LogP contribution < -0.4 is 5.32 Å². The van der Waals surface area contributed by atoms with Crippen molar-refractivity contribution in [1.82, 2.24) is 24.9 Å². The van der Waals surface area contributed by atoms with Gasteiger partial charge in [0.1, 0.15) is 0 Å². The number of nitrogens with zero attached hydrogens (tertiary/aromatic N) is 4. The van der Waals surface area contributed by atoms with Gasteiger partial charge in [0.25, 0.3) is 0 Å². The molecule has 0 saturated carbocycles. The first-order valence-electron chi connectivity index (χ1n) is 12.5. The fourth-order valence-corrected chi connectivity index (χ4v) is 5.05. The number of hydrogen-bond acceptors (Lipinski definition) is 7. The van der Waals surface area contributed by atoms with E-state index in [-0.39, 0.29) is 0 Å². The molecule has 9 nitrogen and oxygen atoms in total. The third-order valence-electron chi connectivity index (χ3n) is 6.83. The van der Waals surface area contributed by atoms with E-state index in [2.05, 4.69) is 46.1 Å². The van der Waals surface area contributed by atoms with E-state index in [0.717, 1.165) is 67.2 Å². The summed E-state index contributed by atoms with van der Waals surface area (Å²) in [5, 5.41) is 16.8. The summed E-state index contributed by atoms with van der Waals surface area (Å²) in [6.45, 7) is 9.63. The number of benzene rings is 1. The molecule has 4 heterocycles. The van der Waals surface area contributed by atoms with Crippen LogP contribution in [-0.2, 0) is 22.6 Å². The molecule has 0 unspecified atom stereocenters. The number of ether oxygens (including phenoxy) is 1. The number of carboxylic acids is 1. The molecule has 5 rings (SSSR count). The highest BCUT2D eigenvalue weighted by molar-refractivity contribution is 6.35. The smallest absolute Gasteiger partial charge is 0.475 e. The minimum atomic E-state index is -5.08. The molecular weight excluding hydrogens is 527 g/mol. The van der Waals surface area contributed by atoms with Gasteiger partial charge in [0.2, 0.25) is 11.7 Å². The predicted molar refractivity (Wildman–Crippen MR) is 135 cm³/mol. The van der Waals surface area contributed by atoms with Gasteiger partial charge in [-0.15, -0.1) is 0 Å². The van der Waals surface area contributed by atoms with Gasteiger partial charge in [-0.25, -0.2) is 4.79 Å². The van der Waals surface area contributed by atoms with Crippen LogP contribution in [0.1, 0.15) is 32.6 Å². The summed E-state index contributed by atoms with van der Waals surface area (Å²) in [7, 11) is 0. The van der Waals surface area contributed by atoms with Gasteiger partial charge in [0.05, 0.1) is 17.1 Å². The van der Waals surface area contributed by atoms with Gasteiger partial charge in [-0.05, 0) is 38.7 Å². The Hall–Kier alpha value is -2.67. The second-order valence-corrected chi connectivity index (χ2v) is 10.2. The zero-order valence-corrected chi connectivity index (χ0v) is 21.9. The fourth-order valence-electron chi connectivity index (χ4n) is 4.76. The molecule has 13 heteroatoms. The average Bonchev–Trinajstić information content (AvgIpc) is 3.47. The quantitative estimate of drug-likeness (QED) is 0.469.